The number of H-pyrrole nitrogens is 1. The van der Waals surface area contributed by atoms with Gasteiger partial charge in [-0.3, -0.25) is 20.0 Å². The van der Waals surface area contributed by atoms with Crippen molar-refractivity contribution in [1.29, 1.82) is 0 Å². The molecule has 2 aromatic rings. The number of nitrogens with one attached hydrogen (secondary N) is 2. The van der Waals surface area contributed by atoms with Crippen molar-refractivity contribution >= 4 is 11.6 Å². The Labute approximate surface area is 139 Å². The summed E-state index contributed by atoms with van der Waals surface area (Å²) in [6.07, 6.45) is 0.783. The normalized spacial score (nSPS) is 12.0. The van der Waals surface area contributed by atoms with Gasteiger partial charge in [0.2, 0.25) is 5.69 Å². The number of amides is 1. The van der Waals surface area contributed by atoms with Gasteiger partial charge in [-0.2, -0.15) is 5.10 Å². The van der Waals surface area contributed by atoms with E-state index in [1.807, 2.05) is 31.2 Å². The number of benzene rings is 1. The number of aliphatic hydroxyl groups is 1. The molecule has 8 nitrogen and oxygen atoms in total. The molecule has 128 valence electrons. The van der Waals surface area contributed by atoms with Crippen LogP contribution in [0, 0.1) is 17.0 Å². The summed E-state index contributed by atoms with van der Waals surface area (Å²) >= 11 is 0. The molecule has 0 fully saturated rings. The molecule has 3 N–H and O–H groups in total. The summed E-state index contributed by atoms with van der Waals surface area (Å²) in [4.78, 5) is 22.8. The summed E-state index contributed by atoms with van der Waals surface area (Å²) < 4.78 is 0. The van der Waals surface area contributed by atoms with E-state index in [9.17, 15) is 20.0 Å². The monoisotopic (exact) mass is 332 g/mol. The second kappa shape index (κ2) is 7.69. The molecule has 1 aromatic carbocycles. The average molecular weight is 332 g/mol. The van der Waals surface area contributed by atoms with Gasteiger partial charge in [-0.1, -0.05) is 36.8 Å². The molecule has 0 aliphatic heterocycles. The molecule has 0 aliphatic rings. The van der Waals surface area contributed by atoms with Crippen molar-refractivity contribution in [3.8, 4) is 0 Å². The van der Waals surface area contributed by atoms with Crippen LogP contribution in [-0.2, 0) is 12.8 Å². The highest BCUT2D eigenvalue weighted by atomic mass is 16.6. The van der Waals surface area contributed by atoms with Crippen LogP contribution >= 0.6 is 0 Å². The highest BCUT2D eigenvalue weighted by molar-refractivity contribution is 5.96. The molecule has 1 atom stereocenters. The van der Waals surface area contributed by atoms with Gasteiger partial charge in [0.25, 0.3) is 5.91 Å². The van der Waals surface area contributed by atoms with Crippen LogP contribution in [0.3, 0.4) is 0 Å². The van der Waals surface area contributed by atoms with Crippen molar-refractivity contribution in [2.24, 2.45) is 0 Å². The highest BCUT2D eigenvalue weighted by Gasteiger charge is 2.29. The third kappa shape index (κ3) is 3.96. The number of aromatic amines is 1. The molecule has 0 radical (unpaired) electrons. The number of nitro groups is 1. The highest BCUT2D eigenvalue weighted by Crippen LogP contribution is 2.21. The van der Waals surface area contributed by atoms with Crippen molar-refractivity contribution in [1.82, 2.24) is 15.5 Å². The van der Waals surface area contributed by atoms with E-state index >= 15 is 0 Å². The van der Waals surface area contributed by atoms with Crippen molar-refractivity contribution < 1.29 is 14.8 Å². The summed E-state index contributed by atoms with van der Waals surface area (Å²) in [6, 6.07) is 7.16. The first-order valence-electron chi connectivity index (χ1n) is 7.65. The molecule has 0 aliphatic carbocycles. The predicted molar refractivity (Wildman–Crippen MR) is 87.8 cm³/mol. The number of aromatic nitrogens is 2. The maximum absolute atomic E-state index is 12.3. The largest absolute Gasteiger partial charge is 0.394 e. The zero-order valence-corrected chi connectivity index (χ0v) is 13.6. The first-order chi connectivity index (χ1) is 11.5. The number of aliphatic hydroxyl groups excluding tert-OH is 1. The van der Waals surface area contributed by atoms with Gasteiger partial charge >= 0.3 is 5.69 Å². The van der Waals surface area contributed by atoms with Crippen LogP contribution in [0.4, 0.5) is 5.69 Å². The molecule has 0 spiro atoms. The summed E-state index contributed by atoms with van der Waals surface area (Å²) in [5.74, 6) is -0.677. The van der Waals surface area contributed by atoms with Gasteiger partial charge in [-0.05, 0) is 25.3 Å². The number of rotatable bonds is 7. The summed E-state index contributed by atoms with van der Waals surface area (Å²) in [5, 5.41) is 29.5. The number of nitrogens with zero attached hydrogens (tertiary/aromatic N) is 2. The van der Waals surface area contributed by atoms with E-state index < -0.39 is 16.9 Å². The second-order valence-electron chi connectivity index (χ2n) is 5.55. The Bertz CT molecular complexity index is 724. The fraction of sp³-hybridized carbons (Fsp3) is 0.375. The molecule has 2 rings (SSSR count). The SMILES string of the molecule is CCc1[nH]nc(C(=O)N[C@H](CO)Cc2ccc(C)cc2)c1[N+](=O)[O-]. The van der Waals surface area contributed by atoms with Crippen LogP contribution in [-0.4, -0.2) is 38.8 Å². The lowest BCUT2D eigenvalue weighted by Gasteiger charge is -2.15. The number of carbonyl (C=O) groups is 1. The third-order valence-electron chi connectivity index (χ3n) is 3.72. The lowest BCUT2D eigenvalue weighted by Crippen LogP contribution is -2.39. The quantitative estimate of drug-likeness (QED) is 0.524. The zero-order valence-electron chi connectivity index (χ0n) is 13.6. The van der Waals surface area contributed by atoms with Crippen molar-refractivity contribution in [2.45, 2.75) is 32.7 Å². The van der Waals surface area contributed by atoms with E-state index in [4.69, 9.17) is 0 Å². The average Bonchev–Trinajstić information content (AvgIpc) is 3.00. The zero-order chi connectivity index (χ0) is 17.7. The Morgan fingerprint density at radius 3 is 2.62 bits per heavy atom. The molecule has 0 bridgehead atoms. The Kier molecular flexibility index (Phi) is 5.64. The molecule has 0 saturated carbocycles. The first kappa shape index (κ1) is 17.6. The summed E-state index contributed by atoms with van der Waals surface area (Å²) in [5.41, 5.74) is 1.78. The van der Waals surface area contributed by atoms with E-state index in [2.05, 4.69) is 15.5 Å². The minimum atomic E-state index is -0.677. The lowest BCUT2D eigenvalue weighted by molar-refractivity contribution is -0.385. The maximum Gasteiger partial charge on any atom is 0.322 e. The van der Waals surface area contributed by atoms with E-state index in [0.29, 0.717) is 18.5 Å². The Morgan fingerprint density at radius 1 is 1.42 bits per heavy atom. The van der Waals surface area contributed by atoms with E-state index in [1.165, 1.54) is 0 Å². The first-order valence-corrected chi connectivity index (χ1v) is 7.65. The van der Waals surface area contributed by atoms with Crippen LogP contribution in [0.1, 0.15) is 34.2 Å². The Balaban J connectivity index is 2.13. The molecular formula is C16H20N4O4. The second-order valence-corrected chi connectivity index (χ2v) is 5.55. The molecule has 0 unspecified atom stereocenters. The van der Waals surface area contributed by atoms with Crippen LogP contribution in [0.2, 0.25) is 0 Å². The van der Waals surface area contributed by atoms with Crippen LogP contribution in [0.25, 0.3) is 0 Å². The molecule has 0 saturated heterocycles. The van der Waals surface area contributed by atoms with Gasteiger partial charge in [-0.25, -0.2) is 0 Å². The van der Waals surface area contributed by atoms with Gasteiger partial charge in [-0.15, -0.1) is 0 Å². The Morgan fingerprint density at radius 2 is 2.08 bits per heavy atom. The van der Waals surface area contributed by atoms with Gasteiger partial charge in [0.15, 0.2) is 0 Å². The topological polar surface area (TPSA) is 121 Å². The molecule has 1 heterocycles. The molecule has 1 aromatic heterocycles. The van der Waals surface area contributed by atoms with E-state index in [0.717, 1.165) is 11.1 Å². The van der Waals surface area contributed by atoms with E-state index in [-0.39, 0.29) is 18.0 Å². The minimum absolute atomic E-state index is 0.265. The van der Waals surface area contributed by atoms with Crippen molar-refractivity contribution in [3.05, 3.63) is 56.9 Å². The van der Waals surface area contributed by atoms with Gasteiger partial charge in [0.05, 0.1) is 17.6 Å². The lowest BCUT2D eigenvalue weighted by atomic mass is 10.0. The van der Waals surface area contributed by atoms with Crippen LogP contribution in [0.15, 0.2) is 24.3 Å². The fourth-order valence-electron chi connectivity index (χ4n) is 2.40. The van der Waals surface area contributed by atoms with Gasteiger partial charge in [0, 0.05) is 0 Å². The smallest absolute Gasteiger partial charge is 0.322 e. The minimum Gasteiger partial charge on any atom is -0.394 e. The van der Waals surface area contributed by atoms with E-state index in [1.54, 1.807) is 6.92 Å². The van der Waals surface area contributed by atoms with Crippen molar-refractivity contribution in [2.75, 3.05) is 6.61 Å². The van der Waals surface area contributed by atoms with Crippen LogP contribution < -0.4 is 5.32 Å². The predicted octanol–water partition coefficient (Wildman–Crippen LogP) is 1.52. The molecular weight excluding hydrogens is 312 g/mol. The van der Waals surface area contributed by atoms with Gasteiger partial charge < -0.3 is 10.4 Å². The number of carbonyl (C=O) groups excluding carboxylic acids is 1. The van der Waals surface area contributed by atoms with Crippen LogP contribution in [0.5, 0.6) is 0 Å². The number of hydrogen-bond donors (Lipinski definition) is 3. The number of aryl methyl sites for hydroxylation is 2. The standard InChI is InChI=1S/C16H20N4O4/c1-3-13-15(20(23)24)14(19-18-13)16(22)17-12(9-21)8-11-6-4-10(2)5-7-11/h4-7,12,21H,3,8-9H2,1-2H3,(H,17,22)(H,18,19)/t12-/m0/s1. The summed E-state index contributed by atoms with van der Waals surface area (Å²) in [7, 11) is 0. The van der Waals surface area contributed by atoms with Gasteiger partial charge in [0.1, 0.15) is 5.69 Å². The fourth-order valence-corrected chi connectivity index (χ4v) is 2.40. The molecule has 24 heavy (non-hydrogen) atoms. The maximum atomic E-state index is 12.3. The molecule has 1 amide bonds. The Hall–Kier alpha value is -2.74. The number of hydrogen-bond acceptors (Lipinski definition) is 5. The molecule has 8 heteroatoms. The summed E-state index contributed by atoms with van der Waals surface area (Å²) in [6.45, 7) is 3.42. The third-order valence-corrected chi connectivity index (χ3v) is 3.72. The van der Waals surface area contributed by atoms with Crippen molar-refractivity contribution in [3.63, 3.8) is 0 Å².